The zero-order valence-electron chi connectivity index (χ0n) is 11.1. The number of aromatic nitrogens is 1. The highest BCUT2D eigenvalue weighted by Crippen LogP contribution is 2.30. The second kappa shape index (κ2) is 5.88. The minimum atomic E-state index is -0.481. The van der Waals surface area contributed by atoms with Crippen LogP contribution in [0.5, 0.6) is 0 Å². The van der Waals surface area contributed by atoms with Gasteiger partial charge in [0.15, 0.2) is 10.8 Å². The lowest BCUT2D eigenvalue weighted by Crippen LogP contribution is -2.03. The van der Waals surface area contributed by atoms with Crippen molar-refractivity contribution in [3.8, 4) is 0 Å². The molecule has 0 amide bonds. The third-order valence-corrected chi connectivity index (χ3v) is 4.18. The lowest BCUT2D eigenvalue weighted by atomic mass is 10.2. The van der Waals surface area contributed by atoms with Crippen LogP contribution in [0.15, 0.2) is 16.6 Å². The number of carbonyl (C=O) groups excluding carboxylic acids is 1. The molecule has 1 aromatic heterocycles. The summed E-state index contributed by atoms with van der Waals surface area (Å²) in [5.74, 6) is -0.843. The van der Waals surface area contributed by atoms with Crippen LogP contribution in [0.4, 0.5) is 15.2 Å². The Bertz CT molecular complexity index is 673. The fourth-order valence-electron chi connectivity index (χ4n) is 1.63. The van der Waals surface area contributed by atoms with Crippen LogP contribution in [0.1, 0.15) is 20.9 Å². The van der Waals surface area contributed by atoms with E-state index in [0.29, 0.717) is 15.3 Å². The summed E-state index contributed by atoms with van der Waals surface area (Å²) in [5.41, 5.74) is 1.75. The largest absolute Gasteiger partial charge is 0.464 e. The highest BCUT2D eigenvalue weighted by atomic mass is 79.9. The first-order valence-electron chi connectivity index (χ1n) is 5.70. The molecule has 1 heterocycles. The maximum atomic E-state index is 13.6. The summed E-state index contributed by atoms with van der Waals surface area (Å²) in [5, 5.41) is 3.54. The average molecular weight is 359 g/mol. The third-order valence-electron chi connectivity index (χ3n) is 2.68. The number of thiazole rings is 1. The lowest BCUT2D eigenvalue weighted by molar-refractivity contribution is 0.0594. The van der Waals surface area contributed by atoms with Gasteiger partial charge in [0.05, 0.1) is 11.6 Å². The fourth-order valence-corrected chi connectivity index (χ4v) is 2.90. The van der Waals surface area contributed by atoms with E-state index in [9.17, 15) is 9.18 Å². The highest BCUT2D eigenvalue weighted by Gasteiger charge is 2.16. The van der Waals surface area contributed by atoms with Gasteiger partial charge in [-0.2, -0.15) is 0 Å². The van der Waals surface area contributed by atoms with E-state index in [1.54, 1.807) is 13.0 Å². The summed E-state index contributed by atoms with van der Waals surface area (Å²) >= 11 is 4.45. The third kappa shape index (κ3) is 2.99. The Morgan fingerprint density at radius 1 is 1.45 bits per heavy atom. The summed E-state index contributed by atoms with van der Waals surface area (Å²) < 4.78 is 18.6. The number of nitrogens with one attached hydrogen (secondary N) is 1. The molecule has 106 valence electrons. The van der Waals surface area contributed by atoms with Gasteiger partial charge in [-0.05, 0) is 47.5 Å². The van der Waals surface area contributed by atoms with Gasteiger partial charge in [-0.15, -0.1) is 11.3 Å². The van der Waals surface area contributed by atoms with E-state index in [0.717, 1.165) is 10.4 Å². The molecule has 0 radical (unpaired) electrons. The number of rotatable bonds is 3. The number of hydrogen-bond donors (Lipinski definition) is 1. The maximum Gasteiger partial charge on any atom is 0.357 e. The minimum Gasteiger partial charge on any atom is -0.464 e. The van der Waals surface area contributed by atoms with Crippen molar-refractivity contribution in [2.45, 2.75) is 13.8 Å². The molecule has 0 atom stereocenters. The molecule has 7 heteroatoms. The standard InChI is InChI=1S/C13H12BrFN2O2S/c1-6-4-8(14)9(15)5-10(6)16-13-17-11(7(2)20-13)12(18)19-3/h4-5H,1-3H3,(H,16,17). The van der Waals surface area contributed by atoms with E-state index in [1.165, 1.54) is 24.5 Å². The Labute approximate surface area is 128 Å². The normalized spacial score (nSPS) is 10.4. The molecule has 0 unspecified atom stereocenters. The van der Waals surface area contributed by atoms with Crippen molar-refractivity contribution in [3.63, 3.8) is 0 Å². The van der Waals surface area contributed by atoms with Gasteiger partial charge in [0, 0.05) is 10.6 Å². The van der Waals surface area contributed by atoms with Crippen molar-refractivity contribution in [3.05, 3.63) is 38.6 Å². The number of ether oxygens (including phenoxy) is 1. The Balaban J connectivity index is 2.31. The van der Waals surface area contributed by atoms with E-state index in [4.69, 9.17) is 0 Å². The van der Waals surface area contributed by atoms with E-state index in [2.05, 4.69) is 31.0 Å². The zero-order valence-corrected chi connectivity index (χ0v) is 13.5. The molecule has 1 N–H and O–H groups in total. The van der Waals surface area contributed by atoms with Crippen LogP contribution in [-0.4, -0.2) is 18.1 Å². The van der Waals surface area contributed by atoms with E-state index >= 15 is 0 Å². The van der Waals surface area contributed by atoms with Crippen molar-refractivity contribution >= 4 is 44.1 Å². The van der Waals surface area contributed by atoms with Gasteiger partial charge in [0.1, 0.15) is 5.82 Å². The predicted octanol–water partition coefficient (Wildman–Crippen LogP) is 4.19. The van der Waals surface area contributed by atoms with Gasteiger partial charge in [0.25, 0.3) is 0 Å². The fraction of sp³-hybridized carbons (Fsp3) is 0.231. The van der Waals surface area contributed by atoms with Crippen LogP contribution in [0.25, 0.3) is 0 Å². The molecule has 0 spiro atoms. The first-order valence-corrected chi connectivity index (χ1v) is 7.31. The van der Waals surface area contributed by atoms with Crippen LogP contribution in [0, 0.1) is 19.7 Å². The number of carbonyl (C=O) groups is 1. The van der Waals surface area contributed by atoms with Gasteiger partial charge in [-0.25, -0.2) is 14.2 Å². The molecular formula is C13H12BrFN2O2S. The summed E-state index contributed by atoms with van der Waals surface area (Å²) in [6.07, 6.45) is 0. The molecule has 2 aromatic rings. The smallest absolute Gasteiger partial charge is 0.357 e. The molecule has 0 saturated heterocycles. The second-order valence-corrected chi connectivity index (χ2v) is 6.18. The number of aryl methyl sites for hydroxylation is 2. The molecule has 1 aromatic carbocycles. The first kappa shape index (κ1) is 14.9. The van der Waals surface area contributed by atoms with Crippen molar-refractivity contribution in [1.82, 2.24) is 4.98 Å². The second-order valence-electron chi connectivity index (χ2n) is 4.12. The van der Waals surface area contributed by atoms with Gasteiger partial charge >= 0.3 is 5.97 Å². The van der Waals surface area contributed by atoms with Crippen LogP contribution in [0.3, 0.4) is 0 Å². The van der Waals surface area contributed by atoms with Crippen molar-refractivity contribution < 1.29 is 13.9 Å². The van der Waals surface area contributed by atoms with Crippen LogP contribution >= 0.6 is 27.3 Å². The van der Waals surface area contributed by atoms with Crippen LogP contribution in [0.2, 0.25) is 0 Å². The quantitative estimate of drug-likeness (QED) is 0.835. The molecule has 0 fully saturated rings. The number of halogens is 2. The van der Waals surface area contributed by atoms with Crippen molar-refractivity contribution in [2.75, 3.05) is 12.4 Å². The molecule has 0 aliphatic carbocycles. The maximum absolute atomic E-state index is 13.6. The van der Waals surface area contributed by atoms with Crippen LogP contribution in [-0.2, 0) is 4.74 Å². The SMILES string of the molecule is COC(=O)c1nc(Nc2cc(F)c(Br)cc2C)sc1C. The number of methoxy groups -OCH3 is 1. The lowest BCUT2D eigenvalue weighted by Gasteiger charge is -2.07. The van der Waals surface area contributed by atoms with Crippen LogP contribution < -0.4 is 5.32 Å². The zero-order chi connectivity index (χ0) is 14.9. The monoisotopic (exact) mass is 358 g/mol. The minimum absolute atomic E-state index is 0.273. The highest BCUT2D eigenvalue weighted by molar-refractivity contribution is 9.10. The molecule has 0 aliphatic heterocycles. The van der Waals surface area contributed by atoms with E-state index in [-0.39, 0.29) is 11.5 Å². The molecule has 0 aliphatic rings. The number of hydrogen-bond acceptors (Lipinski definition) is 5. The average Bonchev–Trinajstić information content (AvgIpc) is 2.76. The molecule has 20 heavy (non-hydrogen) atoms. The van der Waals surface area contributed by atoms with Crippen molar-refractivity contribution in [2.24, 2.45) is 0 Å². The Hall–Kier alpha value is -1.47. The summed E-state index contributed by atoms with van der Waals surface area (Å²) in [7, 11) is 1.31. The number of nitrogens with zero attached hydrogens (tertiary/aromatic N) is 1. The van der Waals surface area contributed by atoms with Gasteiger partial charge in [0.2, 0.25) is 0 Å². The molecule has 0 bridgehead atoms. The number of benzene rings is 1. The predicted molar refractivity (Wildman–Crippen MR) is 80.3 cm³/mol. The molecular weight excluding hydrogens is 347 g/mol. The Kier molecular flexibility index (Phi) is 4.39. The number of anilines is 2. The van der Waals surface area contributed by atoms with E-state index in [1.807, 2.05) is 6.92 Å². The summed E-state index contributed by atoms with van der Waals surface area (Å²) in [4.78, 5) is 16.4. The van der Waals surface area contributed by atoms with Gasteiger partial charge in [-0.3, -0.25) is 0 Å². The summed E-state index contributed by atoms with van der Waals surface area (Å²) in [6.45, 7) is 3.64. The topological polar surface area (TPSA) is 51.2 Å². The molecule has 4 nitrogen and oxygen atoms in total. The Morgan fingerprint density at radius 2 is 2.15 bits per heavy atom. The van der Waals surface area contributed by atoms with Gasteiger partial charge in [-0.1, -0.05) is 0 Å². The molecule has 0 saturated carbocycles. The van der Waals surface area contributed by atoms with E-state index < -0.39 is 5.97 Å². The summed E-state index contributed by atoms with van der Waals surface area (Å²) in [6, 6.07) is 3.06. The molecule has 2 rings (SSSR count). The Morgan fingerprint density at radius 3 is 2.80 bits per heavy atom. The first-order chi connectivity index (χ1) is 9.42. The van der Waals surface area contributed by atoms with Gasteiger partial charge < -0.3 is 10.1 Å². The van der Waals surface area contributed by atoms with Crippen molar-refractivity contribution in [1.29, 1.82) is 0 Å². The number of esters is 1.